The lowest BCUT2D eigenvalue weighted by molar-refractivity contribution is 0.164. The fourth-order valence-electron chi connectivity index (χ4n) is 2.29. The minimum absolute atomic E-state index is 0.761. The van der Waals surface area contributed by atoms with Crippen molar-refractivity contribution in [1.29, 1.82) is 0 Å². The molecule has 16 heavy (non-hydrogen) atoms. The first-order chi connectivity index (χ1) is 7.77. The molecule has 1 unspecified atom stereocenters. The van der Waals surface area contributed by atoms with Gasteiger partial charge in [-0.05, 0) is 51.6 Å². The molecule has 1 atom stereocenters. The van der Waals surface area contributed by atoms with Gasteiger partial charge in [-0.2, -0.15) is 11.8 Å². The van der Waals surface area contributed by atoms with Gasteiger partial charge in [0.25, 0.3) is 0 Å². The van der Waals surface area contributed by atoms with Gasteiger partial charge in [-0.25, -0.2) is 0 Å². The van der Waals surface area contributed by atoms with Gasteiger partial charge in [-0.3, -0.25) is 4.90 Å². The third-order valence-electron chi connectivity index (χ3n) is 3.40. The first kappa shape index (κ1) is 14.3. The van der Waals surface area contributed by atoms with Crippen LogP contribution in [0.15, 0.2) is 0 Å². The Hall–Kier alpha value is 0.270. The molecule has 96 valence electrons. The average Bonchev–Trinajstić information content (AvgIpc) is 2.34. The van der Waals surface area contributed by atoms with Crippen molar-refractivity contribution in [2.24, 2.45) is 0 Å². The van der Waals surface area contributed by atoms with E-state index in [0.717, 1.165) is 12.1 Å². The molecule has 1 saturated heterocycles. The quantitative estimate of drug-likeness (QED) is 0.741. The zero-order valence-corrected chi connectivity index (χ0v) is 12.0. The summed E-state index contributed by atoms with van der Waals surface area (Å²) in [5, 5.41) is 3.64. The van der Waals surface area contributed by atoms with E-state index in [1.807, 2.05) is 0 Å². The van der Waals surface area contributed by atoms with Crippen LogP contribution in [0.3, 0.4) is 0 Å². The number of rotatable bonds is 7. The minimum Gasteiger partial charge on any atom is -0.314 e. The average molecular weight is 244 g/mol. The highest BCUT2D eigenvalue weighted by Crippen LogP contribution is 2.15. The van der Waals surface area contributed by atoms with Crippen LogP contribution in [-0.4, -0.2) is 48.1 Å². The van der Waals surface area contributed by atoms with Crippen LogP contribution in [0.25, 0.3) is 0 Å². The van der Waals surface area contributed by atoms with Gasteiger partial charge in [0.1, 0.15) is 0 Å². The molecule has 0 aromatic heterocycles. The van der Waals surface area contributed by atoms with Crippen LogP contribution in [0.5, 0.6) is 0 Å². The summed E-state index contributed by atoms with van der Waals surface area (Å²) in [7, 11) is 0. The number of hydrogen-bond donors (Lipinski definition) is 1. The fraction of sp³-hybridized carbons (Fsp3) is 1.00. The topological polar surface area (TPSA) is 15.3 Å². The van der Waals surface area contributed by atoms with E-state index in [2.05, 4.69) is 42.7 Å². The van der Waals surface area contributed by atoms with Crippen LogP contribution in [0.1, 0.15) is 40.0 Å². The maximum atomic E-state index is 3.64. The molecule has 1 N–H and O–H groups in total. The van der Waals surface area contributed by atoms with Crippen molar-refractivity contribution in [3.63, 3.8) is 0 Å². The fourth-order valence-corrected chi connectivity index (χ4v) is 3.07. The lowest BCUT2D eigenvalue weighted by atomic mass is 10.0. The molecule has 0 aliphatic carbocycles. The van der Waals surface area contributed by atoms with Gasteiger partial charge in [0.15, 0.2) is 0 Å². The molecule has 0 bridgehead atoms. The second kappa shape index (κ2) is 8.37. The number of nitrogens with one attached hydrogen (secondary N) is 1. The molecule has 0 amide bonds. The van der Waals surface area contributed by atoms with Crippen molar-refractivity contribution in [3.05, 3.63) is 0 Å². The van der Waals surface area contributed by atoms with E-state index < -0.39 is 0 Å². The maximum absolute atomic E-state index is 3.64. The number of thioether (sulfide) groups is 1. The van der Waals surface area contributed by atoms with Gasteiger partial charge < -0.3 is 5.32 Å². The summed E-state index contributed by atoms with van der Waals surface area (Å²) in [6.07, 6.45) is 3.92. The van der Waals surface area contributed by atoms with E-state index in [-0.39, 0.29) is 0 Å². The van der Waals surface area contributed by atoms with E-state index in [1.54, 1.807) is 0 Å². The third kappa shape index (κ3) is 5.07. The summed E-state index contributed by atoms with van der Waals surface area (Å²) in [5.74, 6) is 2.54. The molecule has 1 aliphatic heterocycles. The highest BCUT2D eigenvalue weighted by atomic mass is 32.2. The van der Waals surface area contributed by atoms with Gasteiger partial charge in [-0.15, -0.1) is 0 Å². The molecule has 0 radical (unpaired) electrons. The number of nitrogens with zero attached hydrogens (tertiary/aromatic N) is 1. The van der Waals surface area contributed by atoms with Crippen molar-refractivity contribution in [2.75, 3.05) is 31.1 Å². The van der Waals surface area contributed by atoms with Gasteiger partial charge >= 0.3 is 0 Å². The van der Waals surface area contributed by atoms with E-state index >= 15 is 0 Å². The van der Waals surface area contributed by atoms with Crippen molar-refractivity contribution in [2.45, 2.75) is 52.1 Å². The minimum atomic E-state index is 0.761. The maximum Gasteiger partial charge on any atom is 0.0158 e. The van der Waals surface area contributed by atoms with Gasteiger partial charge in [0.05, 0.1) is 0 Å². The molecule has 3 heteroatoms. The molecule has 2 nitrogen and oxygen atoms in total. The second-order valence-corrected chi connectivity index (χ2v) is 6.09. The van der Waals surface area contributed by atoms with Crippen LogP contribution >= 0.6 is 11.8 Å². The predicted molar refractivity (Wildman–Crippen MR) is 75.3 cm³/mol. The predicted octanol–water partition coefficient (Wildman–Crippen LogP) is 2.59. The van der Waals surface area contributed by atoms with Crippen LogP contribution in [0, 0.1) is 0 Å². The first-order valence-corrected chi connectivity index (χ1v) is 7.98. The SMILES string of the molecule is CCCNC1CCN(C(C)CSCC)CC1. The monoisotopic (exact) mass is 244 g/mol. The van der Waals surface area contributed by atoms with Gasteiger partial charge in [0, 0.05) is 17.8 Å². The molecular weight excluding hydrogens is 216 g/mol. The summed E-state index contributed by atoms with van der Waals surface area (Å²) in [6.45, 7) is 10.6. The van der Waals surface area contributed by atoms with Crippen LogP contribution < -0.4 is 5.32 Å². The number of piperidine rings is 1. The molecule has 1 heterocycles. The summed E-state index contributed by atoms with van der Waals surface area (Å²) < 4.78 is 0. The van der Waals surface area contributed by atoms with Crippen LogP contribution in [0.4, 0.5) is 0 Å². The van der Waals surface area contributed by atoms with E-state index in [9.17, 15) is 0 Å². The molecule has 0 aromatic rings. The normalized spacial score (nSPS) is 21.2. The Kier molecular flexibility index (Phi) is 7.50. The third-order valence-corrected chi connectivity index (χ3v) is 4.53. The van der Waals surface area contributed by atoms with Crippen molar-refractivity contribution >= 4 is 11.8 Å². The lowest BCUT2D eigenvalue weighted by Crippen LogP contribution is -2.46. The number of likely N-dealkylation sites (tertiary alicyclic amines) is 1. The Balaban J connectivity index is 2.15. The van der Waals surface area contributed by atoms with Gasteiger partial charge in [-0.1, -0.05) is 13.8 Å². The summed E-state index contributed by atoms with van der Waals surface area (Å²) in [4.78, 5) is 2.66. The highest BCUT2D eigenvalue weighted by Gasteiger charge is 2.21. The first-order valence-electron chi connectivity index (χ1n) is 6.83. The molecular formula is C13H28N2S. The van der Waals surface area contributed by atoms with Crippen molar-refractivity contribution in [3.8, 4) is 0 Å². The zero-order valence-electron chi connectivity index (χ0n) is 11.2. The lowest BCUT2D eigenvalue weighted by Gasteiger charge is -2.36. The largest absolute Gasteiger partial charge is 0.314 e. The Labute approximate surface area is 106 Å². The Morgan fingerprint density at radius 2 is 2.00 bits per heavy atom. The Bertz CT molecular complexity index is 167. The summed E-state index contributed by atoms with van der Waals surface area (Å²) >= 11 is 2.07. The van der Waals surface area contributed by atoms with E-state index in [1.165, 1.54) is 50.4 Å². The smallest absolute Gasteiger partial charge is 0.0158 e. The molecule has 0 aromatic carbocycles. The summed E-state index contributed by atoms with van der Waals surface area (Å²) in [5.41, 5.74) is 0. The molecule has 1 rings (SSSR count). The van der Waals surface area contributed by atoms with E-state index in [0.29, 0.717) is 0 Å². The van der Waals surface area contributed by atoms with Gasteiger partial charge in [0.2, 0.25) is 0 Å². The van der Waals surface area contributed by atoms with E-state index in [4.69, 9.17) is 0 Å². The Morgan fingerprint density at radius 3 is 2.56 bits per heavy atom. The second-order valence-electron chi connectivity index (χ2n) is 4.77. The van der Waals surface area contributed by atoms with Crippen molar-refractivity contribution in [1.82, 2.24) is 10.2 Å². The van der Waals surface area contributed by atoms with Crippen LogP contribution in [-0.2, 0) is 0 Å². The van der Waals surface area contributed by atoms with Crippen LogP contribution in [0.2, 0.25) is 0 Å². The highest BCUT2D eigenvalue weighted by molar-refractivity contribution is 7.99. The molecule has 0 saturated carbocycles. The van der Waals surface area contributed by atoms with Crippen molar-refractivity contribution < 1.29 is 0 Å². The molecule has 0 spiro atoms. The standard InChI is InChI=1S/C13H28N2S/c1-4-8-14-13-6-9-15(10-7-13)12(3)11-16-5-2/h12-14H,4-11H2,1-3H3. The molecule has 1 aliphatic rings. The Morgan fingerprint density at radius 1 is 1.31 bits per heavy atom. The zero-order chi connectivity index (χ0) is 11.8. The molecule has 1 fully saturated rings. The number of hydrogen-bond acceptors (Lipinski definition) is 3. The summed E-state index contributed by atoms with van der Waals surface area (Å²) in [6, 6.07) is 1.54.